The van der Waals surface area contributed by atoms with Crippen LogP contribution in [-0.2, 0) is 11.3 Å². The molecule has 0 saturated carbocycles. The lowest BCUT2D eigenvalue weighted by atomic mass is 10.2. The summed E-state index contributed by atoms with van der Waals surface area (Å²) >= 11 is 3.48. The Labute approximate surface area is 122 Å². The number of ether oxygens (including phenoxy) is 1. The average Bonchev–Trinajstić information content (AvgIpc) is 2.40. The van der Waals surface area contributed by atoms with Crippen LogP contribution in [-0.4, -0.2) is 48.7 Å². The van der Waals surface area contributed by atoms with E-state index >= 15 is 0 Å². The SMILES string of the molecule is CCOC(=O)N1CCN(Cc2cccc(Br)c2)CC1. The Morgan fingerprint density at radius 3 is 2.68 bits per heavy atom. The van der Waals surface area contributed by atoms with E-state index in [1.54, 1.807) is 4.90 Å². The van der Waals surface area contributed by atoms with Gasteiger partial charge in [0.05, 0.1) is 6.61 Å². The number of hydrogen-bond acceptors (Lipinski definition) is 3. The topological polar surface area (TPSA) is 32.8 Å². The molecule has 1 aliphatic rings. The maximum atomic E-state index is 11.6. The fraction of sp³-hybridized carbons (Fsp3) is 0.500. The highest BCUT2D eigenvalue weighted by Gasteiger charge is 2.21. The first-order valence-corrected chi connectivity index (χ1v) is 7.37. The number of carbonyl (C=O) groups is 1. The first kappa shape index (κ1) is 14.3. The Bertz CT molecular complexity index is 431. The predicted octanol–water partition coefficient (Wildman–Crippen LogP) is 2.72. The average molecular weight is 327 g/mol. The Hall–Kier alpha value is -1.07. The zero-order chi connectivity index (χ0) is 13.7. The molecule has 0 radical (unpaired) electrons. The fourth-order valence-corrected chi connectivity index (χ4v) is 2.64. The lowest BCUT2D eigenvalue weighted by Gasteiger charge is -2.34. The van der Waals surface area contributed by atoms with Gasteiger partial charge in [-0.25, -0.2) is 4.79 Å². The van der Waals surface area contributed by atoms with Crippen LogP contribution in [0.2, 0.25) is 0 Å². The molecule has 5 heteroatoms. The van der Waals surface area contributed by atoms with Crippen LogP contribution in [0.15, 0.2) is 28.7 Å². The van der Waals surface area contributed by atoms with Crippen molar-refractivity contribution in [1.29, 1.82) is 0 Å². The summed E-state index contributed by atoms with van der Waals surface area (Å²) in [4.78, 5) is 15.7. The minimum atomic E-state index is -0.190. The van der Waals surface area contributed by atoms with Crippen molar-refractivity contribution in [1.82, 2.24) is 9.80 Å². The maximum absolute atomic E-state index is 11.6. The molecule has 1 aromatic carbocycles. The summed E-state index contributed by atoms with van der Waals surface area (Å²) in [5.41, 5.74) is 1.29. The van der Waals surface area contributed by atoms with Crippen LogP contribution in [0.3, 0.4) is 0 Å². The van der Waals surface area contributed by atoms with E-state index in [1.165, 1.54) is 5.56 Å². The van der Waals surface area contributed by atoms with Gasteiger partial charge in [0, 0.05) is 37.2 Å². The minimum Gasteiger partial charge on any atom is -0.450 e. The number of rotatable bonds is 3. The van der Waals surface area contributed by atoms with Gasteiger partial charge in [-0.2, -0.15) is 0 Å². The summed E-state index contributed by atoms with van der Waals surface area (Å²) in [5, 5.41) is 0. The van der Waals surface area contributed by atoms with Gasteiger partial charge in [0.1, 0.15) is 0 Å². The normalized spacial score (nSPS) is 16.4. The van der Waals surface area contributed by atoms with Gasteiger partial charge in [0.25, 0.3) is 0 Å². The van der Waals surface area contributed by atoms with Crippen LogP contribution in [0.4, 0.5) is 4.79 Å². The van der Waals surface area contributed by atoms with Crippen molar-refractivity contribution in [2.75, 3.05) is 32.8 Å². The Morgan fingerprint density at radius 2 is 2.05 bits per heavy atom. The molecule has 0 aromatic heterocycles. The minimum absolute atomic E-state index is 0.190. The van der Waals surface area contributed by atoms with E-state index in [-0.39, 0.29) is 6.09 Å². The second-order valence-corrected chi connectivity index (χ2v) is 5.51. The number of hydrogen-bond donors (Lipinski definition) is 0. The van der Waals surface area contributed by atoms with Gasteiger partial charge in [0.15, 0.2) is 0 Å². The molecule has 1 amide bonds. The molecule has 1 heterocycles. The molecule has 0 spiro atoms. The number of benzene rings is 1. The molecule has 4 nitrogen and oxygen atoms in total. The van der Waals surface area contributed by atoms with Gasteiger partial charge in [-0.3, -0.25) is 4.90 Å². The summed E-state index contributed by atoms with van der Waals surface area (Å²) in [5.74, 6) is 0. The molecule has 0 N–H and O–H groups in total. The molecule has 19 heavy (non-hydrogen) atoms. The number of carbonyl (C=O) groups excluding carboxylic acids is 1. The molecule has 104 valence electrons. The predicted molar refractivity (Wildman–Crippen MR) is 78.0 cm³/mol. The van der Waals surface area contributed by atoms with E-state index in [4.69, 9.17) is 4.74 Å². The monoisotopic (exact) mass is 326 g/mol. The second kappa shape index (κ2) is 6.91. The molecule has 0 atom stereocenters. The molecule has 0 bridgehead atoms. The van der Waals surface area contributed by atoms with Crippen LogP contribution in [0.1, 0.15) is 12.5 Å². The summed E-state index contributed by atoms with van der Waals surface area (Å²) in [6, 6.07) is 8.34. The van der Waals surface area contributed by atoms with Gasteiger partial charge in [0.2, 0.25) is 0 Å². The third-order valence-electron chi connectivity index (χ3n) is 3.19. The zero-order valence-electron chi connectivity index (χ0n) is 11.1. The van der Waals surface area contributed by atoms with E-state index in [9.17, 15) is 4.79 Å². The fourth-order valence-electron chi connectivity index (χ4n) is 2.20. The van der Waals surface area contributed by atoms with Gasteiger partial charge < -0.3 is 9.64 Å². The summed E-state index contributed by atoms with van der Waals surface area (Å²) < 4.78 is 6.12. The Balaban J connectivity index is 1.82. The molecule has 2 rings (SSSR count). The summed E-state index contributed by atoms with van der Waals surface area (Å²) in [7, 11) is 0. The van der Waals surface area contributed by atoms with E-state index in [0.717, 1.165) is 37.2 Å². The molecule has 0 unspecified atom stereocenters. The van der Waals surface area contributed by atoms with Crippen molar-refractivity contribution in [2.24, 2.45) is 0 Å². The Morgan fingerprint density at radius 1 is 1.32 bits per heavy atom. The first-order chi connectivity index (χ1) is 9.19. The molecule has 1 saturated heterocycles. The molecular formula is C14H19BrN2O2. The smallest absolute Gasteiger partial charge is 0.409 e. The highest BCUT2D eigenvalue weighted by molar-refractivity contribution is 9.10. The number of amides is 1. The van der Waals surface area contributed by atoms with Crippen molar-refractivity contribution in [3.63, 3.8) is 0 Å². The largest absolute Gasteiger partial charge is 0.450 e. The van der Waals surface area contributed by atoms with Crippen molar-refractivity contribution in [3.05, 3.63) is 34.3 Å². The highest BCUT2D eigenvalue weighted by atomic mass is 79.9. The molecule has 0 aliphatic carbocycles. The van der Waals surface area contributed by atoms with Crippen molar-refractivity contribution < 1.29 is 9.53 Å². The van der Waals surface area contributed by atoms with Gasteiger partial charge >= 0.3 is 6.09 Å². The zero-order valence-corrected chi connectivity index (χ0v) is 12.7. The van der Waals surface area contributed by atoms with Gasteiger partial charge in [-0.05, 0) is 24.6 Å². The maximum Gasteiger partial charge on any atom is 0.409 e. The third-order valence-corrected chi connectivity index (χ3v) is 3.69. The van der Waals surface area contributed by atoms with Crippen LogP contribution < -0.4 is 0 Å². The summed E-state index contributed by atoms with van der Waals surface area (Å²) in [6.45, 7) is 6.48. The van der Waals surface area contributed by atoms with Crippen molar-refractivity contribution in [3.8, 4) is 0 Å². The van der Waals surface area contributed by atoms with E-state index < -0.39 is 0 Å². The van der Waals surface area contributed by atoms with Gasteiger partial charge in [-0.15, -0.1) is 0 Å². The molecule has 1 fully saturated rings. The number of halogens is 1. The van der Waals surface area contributed by atoms with E-state index in [1.807, 2.05) is 19.1 Å². The van der Waals surface area contributed by atoms with Crippen LogP contribution in [0.25, 0.3) is 0 Å². The van der Waals surface area contributed by atoms with Crippen LogP contribution in [0.5, 0.6) is 0 Å². The Kier molecular flexibility index (Phi) is 5.22. The lowest BCUT2D eigenvalue weighted by Crippen LogP contribution is -2.48. The standard InChI is InChI=1S/C14H19BrN2O2/c1-2-19-14(18)17-8-6-16(7-9-17)11-12-4-3-5-13(15)10-12/h3-5,10H,2,6-9,11H2,1H3. The first-order valence-electron chi connectivity index (χ1n) is 6.57. The van der Waals surface area contributed by atoms with Crippen LogP contribution in [0, 0.1) is 0 Å². The highest BCUT2D eigenvalue weighted by Crippen LogP contribution is 2.14. The second-order valence-electron chi connectivity index (χ2n) is 4.59. The molecule has 1 aliphatic heterocycles. The van der Waals surface area contributed by atoms with E-state index in [0.29, 0.717) is 6.61 Å². The number of nitrogens with zero attached hydrogens (tertiary/aromatic N) is 2. The third kappa shape index (κ3) is 4.21. The number of piperazine rings is 1. The lowest BCUT2D eigenvalue weighted by molar-refractivity contribution is 0.0778. The van der Waals surface area contributed by atoms with E-state index in [2.05, 4.69) is 33.0 Å². The quantitative estimate of drug-likeness (QED) is 0.856. The summed E-state index contributed by atoms with van der Waals surface area (Å²) in [6.07, 6.45) is -0.190. The van der Waals surface area contributed by atoms with Gasteiger partial charge in [-0.1, -0.05) is 28.1 Å². The molecular weight excluding hydrogens is 308 g/mol. The van der Waals surface area contributed by atoms with Crippen molar-refractivity contribution >= 4 is 22.0 Å². The van der Waals surface area contributed by atoms with Crippen molar-refractivity contribution in [2.45, 2.75) is 13.5 Å². The molecule has 1 aromatic rings. The van der Waals surface area contributed by atoms with Crippen LogP contribution >= 0.6 is 15.9 Å².